The average Bonchev–Trinajstić information content (AvgIpc) is 3.38. The molecule has 0 fully saturated rings. The van der Waals surface area contributed by atoms with Gasteiger partial charge in [0.2, 0.25) is 5.91 Å². The molecule has 3 atom stereocenters. The number of quaternary nitrogens is 1. The maximum absolute atomic E-state index is 13.0. The van der Waals surface area contributed by atoms with Crippen molar-refractivity contribution >= 4 is 13.7 Å². The Bertz CT molecular complexity index is 1380. The van der Waals surface area contributed by atoms with E-state index in [1.807, 2.05) is 27.2 Å². The molecule has 3 N–H and O–H groups in total. The van der Waals surface area contributed by atoms with Crippen LogP contribution in [0.1, 0.15) is 322 Å². The minimum Gasteiger partial charge on any atom is -0.387 e. The third kappa shape index (κ3) is 60.1. The molecule has 76 heavy (non-hydrogen) atoms. The third-order valence-electron chi connectivity index (χ3n) is 15.0. The number of aliphatic hydroxyl groups excluding tert-OH is 1. The average molecular weight is 1090 g/mol. The lowest BCUT2D eigenvalue weighted by atomic mass is 10.0. The summed E-state index contributed by atoms with van der Waals surface area (Å²) >= 11 is 0. The number of phosphoric ester groups is 1. The van der Waals surface area contributed by atoms with Crippen LogP contribution in [0.25, 0.3) is 0 Å². The Balaban J connectivity index is 4.14. The standard InChI is InChI=1S/C67H129N2O6P/c1-6-8-10-12-14-16-18-20-22-24-26-28-30-32-34-36-38-40-42-44-46-48-50-52-54-56-58-60-66(70)65(64-75-76(72,73)74-63-62-69(3,4)5)68-67(71)61-59-57-55-53-51-49-47-45-43-41-39-37-35-33-31-29-27-25-23-21-19-17-15-13-11-9-7-2/h19,21,25,27,50,52,58,60,65-66,70H,6-18,20,22-24,26,28-49,51,53-57,59,61-64H2,1-5H3,(H-,68,71,72,73)/p+1/b21-19-,27-25-,52-50+,60-58+. The lowest BCUT2D eigenvalue weighted by Gasteiger charge is -2.25. The Morgan fingerprint density at radius 2 is 0.763 bits per heavy atom. The van der Waals surface area contributed by atoms with Crippen molar-refractivity contribution in [2.45, 2.75) is 334 Å². The van der Waals surface area contributed by atoms with Gasteiger partial charge in [-0.1, -0.05) is 300 Å². The fraction of sp³-hybridized carbons (Fsp3) is 0.866. The van der Waals surface area contributed by atoms with Crippen molar-refractivity contribution in [2.24, 2.45) is 0 Å². The van der Waals surface area contributed by atoms with Crippen LogP contribution >= 0.6 is 7.82 Å². The molecule has 8 nitrogen and oxygen atoms in total. The molecule has 3 unspecified atom stereocenters. The first-order chi connectivity index (χ1) is 37.0. The van der Waals surface area contributed by atoms with Crippen LogP contribution < -0.4 is 5.32 Å². The zero-order chi connectivity index (χ0) is 55.6. The first kappa shape index (κ1) is 74.5. The zero-order valence-electron chi connectivity index (χ0n) is 51.3. The molecular formula is C67H130N2O6P+. The highest BCUT2D eigenvalue weighted by molar-refractivity contribution is 7.47. The Morgan fingerprint density at radius 3 is 1.13 bits per heavy atom. The quantitative estimate of drug-likeness (QED) is 0.0243. The smallest absolute Gasteiger partial charge is 0.387 e. The molecule has 1 amide bonds. The summed E-state index contributed by atoms with van der Waals surface area (Å²) < 4.78 is 23.8. The zero-order valence-corrected chi connectivity index (χ0v) is 52.2. The van der Waals surface area contributed by atoms with Gasteiger partial charge >= 0.3 is 7.82 Å². The van der Waals surface area contributed by atoms with Gasteiger partial charge in [-0.05, 0) is 64.2 Å². The van der Waals surface area contributed by atoms with E-state index in [1.165, 1.54) is 257 Å². The molecule has 9 heteroatoms. The van der Waals surface area contributed by atoms with Gasteiger partial charge in [-0.2, -0.15) is 0 Å². The molecule has 0 rings (SSSR count). The Kier molecular flexibility index (Phi) is 56.9. The number of phosphoric acid groups is 1. The number of unbranched alkanes of at least 4 members (excludes halogenated alkanes) is 42. The van der Waals surface area contributed by atoms with Crippen LogP contribution in [-0.2, 0) is 18.4 Å². The van der Waals surface area contributed by atoms with E-state index in [2.05, 4.69) is 55.6 Å². The largest absolute Gasteiger partial charge is 0.472 e. The van der Waals surface area contributed by atoms with E-state index in [9.17, 15) is 19.4 Å². The number of nitrogens with one attached hydrogen (secondary N) is 1. The molecule has 0 aromatic heterocycles. The molecule has 0 aromatic carbocycles. The molecular weight excluding hydrogens is 960 g/mol. The fourth-order valence-corrected chi connectivity index (χ4v) is 10.6. The number of nitrogens with zero attached hydrogens (tertiary/aromatic N) is 1. The van der Waals surface area contributed by atoms with E-state index in [4.69, 9.17) is 9.05 Å². The van der Waals surface area contributed by atoms with Gasteiger partial charge in [0.05, 0.1) is 39.9 Å². The highest BCUT2D eigenvalue weighted by Gasteiger charge is 2.28. The van der Waals surface area contributed by atoms with Gasteiger partial charge in [-0.25, -0.2) is 4.57 Å². The van der Waals surface area contributed by atoms with Crippen LogP contribution in [0.15, 0.2) is 48.6 Å². The minimum atomic E-state index is -4.36. The Labute approximate surface area is 473 Å². The summed E-state index contributed by atoms with van der Waals surface area (Å²) in [5, 5.41) is 14.0. The lowest BCUT2D eigenvalue weighted by molar-refractivity contribution is -0.870. The van der Waals surface area contributed by atoms with Gasteiger partial charge in [-0.15, -0.1) is 0 Å². The number of rotatable bonds is 61. The van der Waals surface area contributed by atoms with Crippen LogP contribution in [0.3, 0.4) is 0 Å². The van der Waals surface area contributed by atoms with Crippen molar-refractivity contribution in [3.8, 4) is 0 Å². The van der Waals surface area contributed by atoms with E-state index in [0.29, 0.717) is 17.4 Å². The number of carbonyl (C=O) groups is 1. The van der Waals surface area contributed by atoms with Crippen molar-refractivity contribution in [1.82, 2.24) is 5.32 Å². The van der Waals surface area contributed by atoms with Gasteiger partial charge in [0, 0.05) is 6.42 Å². The summed E-state index contributed by atoms with van der Waals surface area (Å²) in [6.07, 6.45) is 78.2. The number of aliphatic hydroxyl groups is 1. The van der Waals surface area contributed by atoms with E-state index in [0.717, 1.165) is 44.9 Å². The third-order valence-corrected chi connectivity index (χ3v) is 16.0. The highest BCUT2D eigenvalue weighted by Crippen LogP contribution is 2.43. The molecule has 0 aliphatic carbocycles. The van der Waals surface area contributed by atoms with Crippen LogP contribution in [-0.4, -0.2) is 73.4 Å². The van der Waals surface area contributed by atoms with E-state index >= 15 is 0 Å². The van der Waals surface area contributed by atoms with Gasteiger partial charge < -0.3 is 19.8 Å². The maximum atomic E-state index is 13.0. The second kappa shape index (κ2) is 58.1. The van der Waals surface area contributed by atoms with Gasteiger partial charge in [-0.3, -0.25) is 13.8 Å². The topological polar surface area (TPSA) is 105 Å². The fourth-order valence-electron chi connectivity index (χ4n) is 9.86. The molecule has 0 saturated carbocycles. The molecule has 0 aliphatic heterocycles. The lowest BCUT2D eigenvalue weighted by Crippen LogP contribution is -2.45. The van der Waals surface area contributed by atoms with Crippen LogP contribution in [0.4, 0.5) is 0 Å². The second-order valence-electron chi connectivity index (χ2n) is 23.8. The number of amides is 1. The summed E-state index contributed by atoms with van der Waals surface area (Å²) in [6.45, 7) is 4.83. The summed E-state index contributed by atoms with van der Waals surface area (Å²) in [5.41, 5.74) is 0. The molecule has 0 aromatic rings. The normalized spacial score (nSPS) is 14.0. The number of allylic oxidation sites excluding steroid dienone is 7. The van der Waals surface area contributed by atoms with Gasteiger partial charge in [0.15, 0.2) is 0 Å². The predicted octanol–water partition coefficient (Wildman–Crippen LogP) is 20.7. The predicted molar refractivity (Wildman–Crippen MR) is 332 cm³/mol. The number of hydrogen-bond acceptors (Lipinski definition) is 5. The van der Waals surface area contributed by atoms with Crippen molar-refractivity contribution in [3.63, 3.8) is 0 Å². The van der Waals surface area contributed by atoms with E-state index in [-0.39, 0.29) is 19.1 Å². The Morgan fingerprint density at radius 1 is 0.447 bits per heavy atom. The molecule has 0 saturated heterocycles. The minimum absolute atomic E-state index is 0.0565. The summed E-state index contributed by atoms with van der Waals surface area (Å²) in [4.78, 5) is 23.4. The van der Waals surface area contributed by atoms with Crippen LogP contribution in [0, 0.1) is 0 Å². The van der Waals surface area contributed by atoms with Gasteiger partial charge in [0.1, 0.15) is 13.2 Å². The van der Waals surface area contributed by atoms with E-state index < -0.39 is 20.0 Å². The molecule has 0 bridgehead atoms. The monoisotopic (exact) mass is 1090 g/mol. The van der Waals surface area contributed by atoms with Gasteiger partial charge in [0.25, 0.3) is 0 Å². The number of likely N-dealkylation sites (N-methyl/N-ethyl adjacent to an activating group) is 1. The number of carbonyl (C=O) groups excluding carboxylic acids is 1. The van der Waals surface area contributed by atoms with Crippen molar-refractivity contribution in [1.29, 1.82) is 0 Å². The van der Waals surface area contributed by atoms with Crippen molar-refractivity contribution < 1.29 is 32.9 Å². The van der Waals surface area contributed by atoms with Crippen LogP contribution in [0.2, 0.25) is 0 Å². The number of hydrogen-bond donors (Lipinski definition) is 3. The van der Waals surface area contributed by atoms with E-state index in [1.54, 1.807) is 6.08 Å². The molecule has 0 aliphatic rings. The maximum Gasteiger partial charge on any atom is 0.472 e. The molecule has 0 spiro atoms. The first-order valence-corrected chi connectivity index (χ1v) is 34.5. The summed E-state index contributed by atoms with van der Waals surface area (Å²) in [6, 6.07) is -0.865. The molecule has 0 radical (unpaired) electrons. The summed E-state index contributed by atoms with van der Waals surface area (Å²) in [5.74, 6) is -0.183. The first-order valence-electron chi connectivity index (χ1n) is 33.0. The van der Waals surface area contributed by atoms with Crippen molar-refractivity contribution in [2.75, 3.05) is 40.9 Å². The summed E-state index contributed by atoms with van der Waals surface area (Å²) in [7, 11) is 1.56. The molecule has 448 valence electrons. The molecule has 0 heterocycles. The van der Waals surface area contributed by atoms with Crippen molar-refractivity contribution in [3.05, 3.63) is 48.6 Å². The second-order valence-corrected chi connectivity index (χ2v) is 25.3. The Hall–Kier alpha value is -1.54. The SMILES string of the molecule is CCCCCCC/C=C\C/C=C\CCCCCCCCCCCCCCCCCC(=O)NC(COP(=O)(O)OCC[N+](C)(C)C)C(O)/C=C/CC/C=C/CCCCCCCCCCCCCCCCCCCCCCC. The van der Waals surface area contributed by atoms with Crippen LogP contribution in [0.5, 0.6) is 0 Å². The highest BCUT2D eigenvalue weighted by atomic mass is 31.2.